The van der Waals surface area contributed by atoms with Crippen molar-refractivity contribution in [1.29, 1.82) is 0 Å². The molecule has 0 saturated carbocycles. The van der Waals surface area contributed by atoms with Gasteiger partial charge in [-0.2, -0.15) is 0 Å². The fraction of sp³-hybridized carbons (Fsp3) is 0.538. The van der Waals surface area contributed by atoms with Crippen LogP contribution in [0.1, 0.15) is 13.8 Å². The van der Waals surface area contributed by atoms with E-state index >= 15 is 0 Å². The van der Waals surface area contributed by atoms with E-state index in [2.05, 4.69) is 0 Å². The van der Waals surface area contributed by atoms with Gasteiger partial charge >= 0.3 is 11.9 Å². The van der Waals surface area contributed by atoms with Gasteiger partial charge in [0.15, 0.2) is 0 Å². The second-order valence-electron chi connectivity index (χ2n) is 4.03. The van der Waals surface area contributed by atoms with Crippen molar-refractivity contribution in [2.45, 2.75) is 13.8 Å². The number of esters is 2. The van der Waals surface area contributed by atoms with Gasteiger partial charge in [-0.15, -0.1) is 23.5 Å². The molecule has 2 aliphatic heterocycles. The maximum absolute atomic E-state index is 11.9. The average Bonchev–Trinajstić information content (AvgIpc) is 2.82. The van der Waals surface area contributed by atoms with Crippen molar-refractivity contribution in [3.63, 3.8) is 0 Å². The lowest BCUT2D eigenvalue weighted by molar-refractivity contribution is -0.138. The predicted molar refractivity (Wildman–Crippen MR) is 80.0 cm³/mol. The highest BCUT2D eigenvalue weighted by Crippen LogP contribution is 2.43. The van der Waals surface area contributed by atoms with E-state index in [-0.39, 0.29) is 11.9 Å². The lowest BCUT2D eigenvalue weighted by Gasteiger charge is -2.26. The lowest BCUT2D eigenvalue weighted by atomic mass is 10.3. The number of carbonyl (C=O) groups is 2. The van der Waals surface area contributed by atoms with Gasteiger partial charge in [0.05, 0.1) is 18.2 Å². The van der Waals surface area contributed by atoms with Crippen molar-refractivity contribution >= 4 is 35.5 Å². The summed E-state index contributed by atoms with van der Waals surface area (Å²) < 4.78 is 10.0. The normalized spacial score (nSPS) is 20.1. The molecule has 0 aromatic heterocycles. The van der Waals surface area contributed by atoms with Gasteiger partial charge in [-0.25, -0.2) is 9.59 Å². The Morgan fingerprint density at radius 1 is 1.25 bits per heavy atom. The number of nitrogens with zero attached hydrogens (tertiary/aromatic N) is 1. The van der Waals surface area contributed by atoms with Gasteiger partial charge < -0.3 is 14.4 Å². The second kappa shape index (κ2) is 7.08. The van der Waals surface area contributed by atoms with Crippen LogP contribution in [0.5, 0.6) is 0 Å². The Kier molecular flexibility index (Phi) is 5.42. The van der Waals surface area contributed by atoms with E-state index in [9.17, 15) is 9.59 Å². The quantitative estimate of drug-likeness (QED) is 0.580. The Bertz CT molecular complexity index is 473. The zero-order valence-electron chi connectivity index (χ0n) is 11.5. The molecule has 0 amide bonds. The summed E-state index contributed by atoms with van der Waals surface area (Å²) in [4.78, 5) is 26.1. The standard InChI is InChI=1S/C13H17NO4S2/c1-3-17-10(15)7-9-8-20-12-11(13(16)18-4-2)19-6-5-14(9)12/h7H,3-6,8H2,1-2H3/b9-7+. The van der Waals surface area contributed by atoms with Crippen LogP contribution in [0.4, 0.5) is 0 Å². The summed E-state index contributed by atoms with van der Waals surface area (Å²) in [7, 11) is 0. The summed E-state index contributed by atoms with van der Waals surface area (Å²) >= 11 is 3.08. The molecule has 0 atom stereocenters. The third-order valence-electron chi connectivity index (χ3n) is 2.74. The number of rotatable bonds is 4. The summed E-state index contributed by atoms with van der Waals surface area (Å²) in [6, 6.07) is 0. The molecular formula is C13H17NO4S2. The molecule has 1 saturated heterocycles. The molecule has 0 aromatic rings. The van der Waals surface area contributed by atoms with E-state index in [1.54, 1.807) is 25.6 Å². The summed E-state index contributed by atoms with van der Waals surface area (Å²) in [5.74, 6) is 0.873. The highest BCUT2D eigenvalue weighted by Gasteiger charge is 2.33. The Balaban J connectivity index is 2.20. The van der Waals surface area contributed by atoms with Crippen molar-refractivity contribution in [2.24, 2.45) is 0 Å². The summed E-state index contributed by atoms with van der Waals surface area (Å²) in [5.41, 5.74) is 0.894. The Morgan fingerprint density at radius 2 is 2.00 bits per heavy atom. The predicted octanol–water partition coefficient (Wildman–Crippen LogP) is 1.96. The molecule has 0 spiro atoms. The topological polar surface area (TPSA) is 55.8 Å². The zero-order valence-corrected chi connectivity index (χ0v) is 13.1. The number of carbonyl (C=O) groups excluding carboxylic acids is 2. The first-order valence-corrected chi connectivity index (χ1v) is 8.46. The highest BCUT2D eigenvalue weighted by atomic mass is 32.2. The molecule has 2 heterocycles. The van der Waals surface area contributed by atoms with E-state index in [4.69, 9.17) is 9.47 Å². The van der Waals surface area contributed by atoms with Crippen LogP contribution in [-0.4, -0.2) is 48.1 Å². The third-order valence-corrected chi connectivity index (χ3v) is 5.04. The zero-order chi connectivity index (χ0) is 14.5. The molecule has 7 heteroatoms. The molecule has 20 heavy (non-hydrogen) atoms. The summed E-state index contributed by atoms with van der Waals surface area (Å²) in [6.07, 6.45) is 1.52. The van der Waals surface area contributed by atoms with Crippen LogP contribution in [0, 0.1) is 0 Å². The number of hydrogen-bond acceptors (Lipinski definition) is 7. The average molecular weight is 315 g/mol. The molecule has 2 aliphatic rings. The van der Waals surface area contributed by atoms with Gasteiger partial charge in [-0.1, -0.05) is 0 Å². The third kappa shape index (κ3) is 3.32. The number of ether oxygens (including phenoxy) is 2. The molecule has 5 nitrogen and oxygen atoms in total. The van der Waals surface area contributed by atoms with Crippen molar-refractivity contribution in [3.8, 4) is 0 Å². The number of hydrogen-bond donors (Lipinski definition) is 0. The van der Waals surface area contributed by atoms with Crippen LogP contribution in [0.25, 0.3) is 0 Å². The molecule has 0 N–H and O–H groups in total. The summed E-state index contributed by atoms with van der Waals surface area (Å²) in [5, 5.41) is 0.898. The second-order valence-corrected chi connectivity index (χ2v) is 6.10. The summed E-state index contributed by atoms with van der Waals surface area (Å²) in [6.45, 7) is 5.10. The fourth-order valence-electron chi connectivity index (χ4n) is 1.94. The Morgan fingerprint density at radius 3 is 2.70 bits per heavy atom. The SMILES string of the molecule is CCOC(=O)/C=C1\CSC2=C(C(=O)OCC)SCCN21. The minimum atomic E-state index is -0.333. The van der Waals surface area contributed by atoms with E-state index in [0.717, 1.165) is 23.0 Å². The number of thioether (sulfide) groups is 2. The van der Waals surface area contributed by atoms with Crippen LogP contribution in [0.3, 0.4) is 0 Å². The smallest absolute Gasteiger partial charge is 0.347 e. The maximum atomic E-state index is 11.9. The first-order valence-electron chi connectivity index (χ1n) is 6.49. The largest absolute Gasteiger partial charge is 0.463 e. The first-order chi connectivity index (χ1) is 9.67. The molecular weight excluding hydrogens is 298 g/mol. The number of fused-ring (bicyclic) bond motifs is 1. The molecule has 0 aliphatic carbocycles. The van der Waals surface area contributed by atoms with Gasteiger partial charge in [-0.3, -0.25) is 0 Å². The molecule has 0 unspecified atom stereocenters. The highest BCUT2D eigenvalue weighted by molar-refractivity contribution is 8.07. The maximum Gasteiger partial charge on any atom is 0.347 e. The van der Waals surface area contributed by atoms with Crippen LogP contribution in [-0.2, 0) is 19.1 Å². The fourth-order valence-corrected chi connectivity index (χ4v) is 4.29. The van der Waals surface area contributed by atoms with Gasteiger partial charge in [-0.05, 0) is 13.8 Å². The van der Waals surface area contributed by atoms with Crippen molar-refractivity contribution in [1.82, 2.24) is 4.90 Å². The van der Waals surface area contributed by atoms with Gasteiger partial charge in [0.2, 0.25) is 0 Å². The van der Waals surface area contributed by atoms with E-state index in [1.807, 2.05) is 4.90 Å². The molecule has 2 rings (SSSR count). The molecule has 1 fully saturated rings. The molecule has 110 valence electrons. The van der Waals surface area contributed by atoms with E-state index in [0.29, 0.717) is 23.9 Å². The first kappa shape index (κ1) is 15.3. The lowest BCUT2D eigenvalue weighted by Crippen LogP contribution is -2.27. The van der Waals surface area contributed by atoms with Gasteiger partial charge in [0.1, 0.15) is 4.91 Å². The van der Waals surface area contributed by atoms with Gasteiger partial charge in [0, 0.05) is 29.8 Å². The Hall–Kier alpha value is -1.08. The van der Waals surface area contributed by atoms with Crippen LogP contribution >= 0.6 is 23.5 Å². The van der Waals surface area contributed by atoms with Gasteiger partial charge in [0.25, 0.3) is 0 Å². The van der Waals surface area contributed by atoms with Crippen molar-refractivity contribution in [3.05, 3.63) is 21.7 Å². The minimum Gasteiger partial charge on any atom is -0.463 e. The van der Waals surface area contributed by atoms with Crippen molar-refractivity contribution in [2.75, 3.05) is 31.3 Å². The van der Waals surface area contributed by atoms with E-state index < -0.39 is 0 Å². The molecule has 0 radical (unpaired) electrons. The molecule has 0 aromatic carbocycles. The van der Waals surface area contributed by atoms with Crippen LogP contribution in [0.15, 0.2) is 21.7 Å². The van der Waals surface area contributed by atoms with E-state index in [1.165, 1.54) is 17.8 Å². The molecule has 0 bridgehead atoms. The Labute approximate surface area is 126 Å². The van der Waals surface area contributed by atoms with Crippen LogP contribution in [0.2, 0.25) is 0 Å². The monoisotopic (exact) mass is 315 g/mol. The van der Waals surface area contributed by atoms with Crippen molar-refractivity contribution < 1.29 is 19.1 Å². The minimum absolute atomic E-state index is 0.276. The van der Waals surface area contributed by atoms with Crippen LogP contribution < -0.4 is 0 Å².